The van der Waals surface area contributed by atoms with Crippen LogP contribution in [-0.2, 0) is 12.0 Å². The number of carbonyl (C=O) groups excluding carboxylic acids is 2. The van der Waals surface area contributed by atoms with E-state index < -0.39 is 0 Å². The Morgan fingerprint density at radius 2 is 1.55 bits per heavy atom. The Hall–Kier alpha value is -4.65. The summed E-state index contributed by atoms with van der Waals surface area (Å²) in [7, 11) is 0. The maximum atomic E-state index is 13.0. The van der Waals surface area contributed by atoms with Gasteiger partial charge in [-0.1, -0.05) is 51.1 Å². The van der Waals surface area contributed by atoms with E-state index in [1.807, 2.05) is 42.5 Å². The third-order valence-corrected chi connectivity index (χ3v) is 6.03. The highest BCUT2D eigenvalue weighted by molar-refractivity contribution is 6.08. The number of nitrogens with zero attached hydrogens (tertiary/aromatic N) is 1. The van der Waals surface area contributed by atoms with E-state index in [4.69, 9.17) is 10.5 Å². The summed E-state index contributed by atoms with van der Waals surface area (Å²) < 4.78 is 5.81. The molecule has 38 heavy (non-hydrogen) atoms. The topological polar surface area (TPSA) is 106 Å². The van der Waals surface area contributed by atoms with Crippen LogP contribution in [0.25, 0.3) is 0 Å². The van der Waals surface area contributed by atoms with Gasteiger partial charge in [-0.05, 0) is 72.0 Å². The summed E-state index contributed by atoms with van der Waals surface area (Å²) in [4.78, 5) is 30.3. The Kier molecular flexibility index (Phi) is 7.76. The zero-order chi connectivity index (χ0) is 27.3. The van der Waals surface area contributed by atoms with Gasteiger partial charge in [0.25, 0.3) is 11.8 Å². The lowest BCUT2D eigenvalue weighted by Crippen LogP contribution is -2.18. The highest BCUT2D eigenvalue weighted by Crippen LogP contribution is 2.26. The number of nitrogen functional groups attached to an aromatic ring is 1. The lowest BCUT2D eigenvalue weighted by molar-refractivity contribution is 0.101. The first-order chi connectivity index (χ1) is 18.1. The zero-order valence-electron chi connectivity index (χ0n) is 22.0. The van der Waals surface area contributed by atoms with Crippen molar-refractivity contribution < 1.29 is 14.3 Å². The predicted molar refractivity (Wildman–Crippen MR) is 152 cm³/mol. The van der Waals surface area contributed by atoms with Crippen molar-refractivity contribution in [2.24, 2.45) is 0 Å². The fourth-order valence-electron chi connectivity index (χ4n) is 3.82. The maximum Gasteiger partial charge on any atom is 0.257 e. The molecule has 0 saturated heterocycles. The van der Waals surface area contributed by atoms with E-state index in [0.717, 1.165) is 11.1 Å². The van der Waals surface area contributed by atoms with Gasteiger partial charge >= 0.3 is 0 Å². The molecule has 7 heteroatoms. The van der Waals surface area contributed by atoms with Gasteiger partial charge in [-0.15, -0.1) is 0 Å². The fourth-order valence-corrected chi connectivity index (χ4v) is 3.82. The number of aryl methyl sites for hydroxylation is 1. The number of hydrogen-bond acceptors (Lipinski definition) is 5. The molecule has 0 saturated carbocycles. The van der Waals surface area contributed by atoms with Crippen LogP contribution in [0.4, 0.5) is 17.1 Å². The monoisotopic (exact) mass is 508 g/mol. The van der Waals surface area contributed by atoms with Gasteiger partial charge in [-0.3, -0.25) is 14.6 Å². The number of aromatic nitrogens is 1. The summed E-state index contributed by atoms with van der Waals surface area (Å²) >= 11 is 0. The van der Waals surface area contributed by atoms with Crippen LogP contribution >= 0.6 is 0 Å². The van der Waals surface area contributed by atoms with Gasteiger partial charge < -0.3 is 21.1 Å². The zero-order valence-corrected chi connectivity index (χ0v) is 22.0. The summed E-state index contributed by atoms with van der Waals surface area (Å²) in [5, 5.41) is 5.71. The van der Waals surface area contributed by atoms with Crippen molar-refractivity contribution in [1.82, 2.24) is 4.98 Å². The highest BCUT2D eigenvalue weighted by Gasteiger charge is 2.18. The first-order valence-electron chi connectivity index (χ1n) is 12.4. The summed E-state index contributed by atoms with van der Waals surface area (Å²) in [5.74, 6) is 0.0412. The molecule has 0 aliphatic heterocycles. The van der Waals surface area contributed by atoms with Crippen molar-refractivity contribution in [3.63, 3.8) is 0 Å². The van der Waals surface area contributed by atoms with Gasteiger partial charge in [-0.2, -0.15) is 0 Å². The van der Waals surface area contributed by atoms with E-state index in [9.17, 15) is 9.59 Å². The number of hydrogen-bond donors (Lipinski definition) is 3. The van der Waals surface area contributed by atoms with Gasteiger partial charge in [0.2, 0.25) is 0 Å². The molecule has 0 unspecified atom stereocenters. The number of nitrogens with two attached hydrogens (primary N) is 1. The first-order valence-corrected chi connectivity index (χ1v) is 12.4. The number of benzene rings is 3. The third-order valence-electron chi connectivity index (χ3n) is 6.03. The second kappa shape index (κ2) is 11.2. The molecule has 4 N–H and O–H groups in total. The minimum Gasteiger partial charge on any atom is -0.489 e. The summed E-state index contributed by atoms with van der Waals surface area (Å²) in [6.45, 7) is 8.38. The van der Waals surface area contributed by atoms with Crippen molar-refractivity contribution in [1.29, 1.82) is 0 Å². The van der Waals surface area contributed by atoms with E-state index in [0.29, 0.717) is 46.2 Å². The smallest absolute Gasteiger partial charge is 0.257 e. The van der Waals surface area contributed by atoms with Crippen LogP contribution in [0, 0.1) is 6.92 Å². The summed E-state index contributed by atoms with van der Waals surface area (Å²) in [6, 6.07) is 24.0. The Balaban J connectivity index is 1.42. The van der Waals surface area contributed by atoms with Crippen molar-refractivity contribution in [2.75, 3.05) is 16.4 Å². The Bertz CT molecular complexity index is 1440. The molecule has 2 amide bonds. The molecule has 1 heterocycles. The molecule has 1 aromatic heterocycles. The molecule has 4 aromatic rings. The lowest BCUT2D eigenvalue weighted by Gasteiger charge is -2.20. The summed E-state index contributed by atoms with van der Waals surface area (Å²) in [6.07, 6.45) is 1.53. The van der Waals surface area contributed by atoms with Crippen LogP contribution in [-0.4, -0.2) is 16.8 Å². The minimum atomic E-state index is -0.331. The second-order valence-corrected chi connectivity index (χ2v) is 10.2. The Morgan fingerprint density at radius 1 is 0.868 bits per heavy atom. The minimum absolute atomic E-state index is 0.159. The molecule has 7 nitrogen and oxygen atoms in total. The second-order valence-electron chi connectivity index (χ2n) is 10.2. The van der Waals surface area contributed by atoms with Crippen LogP contribution < -0.4 is 21.1 Å². The standard InChI is InChI=1S/C31H32N4O3/c1-20-28(30(37)34-25-10-12-27(13-11-25)38-19-21-8-6-5-7-9-21)17-26(18-33-20)35-29(36)22-14-23(31(2,3)4)16-24(32)15-22/h5-18H,19,32H2,1-4H3,(H,34,37)(H,35,36). The highest BCUT2D eigenvalue weighted by atomic mass is 16.5. The molecule has 0 bridgehead atoms. The number of rotatable bonds is 7. The number of nitrogens with one attached hydrogen (secondary N) is 2. The summed E-state index contributed by atoms with van der Waals surface area (Å²) in [5.41, 5.74) is 10.8. The van der Waals surface area contributed by atoms with E-state index >= 15 is 0 Å². The van der Waals surface area contributed by atoms with Gasteiger partial charge in [0.05, 0.1) is 23.1 Å². The number of anilines is 3. The SMILES string of the molecule is Cc1ncc(NC(=O)c2cc(N)cc(C(C)(C)C)c2)cc1C(=O)Nc1ccc(OCc2ccccc2)cc1. The number of amides is 2. The molecule has 0 spiro atoms. The normalized spacial score (nSPS) is 11.1. The Morgan fingerprint density at radius 3 is 2.24 bits per heavy atom. The van der Waals surface area contributed by atoms with Gasteiger partial charge in [0.15, 0.2) is 0 Å². The van der Waals surface area contributed by atoms with Crippen molar-refractivity contribution in [3.05, 3.63) is 113 Å². The van der Waals surface area contributed by atoms with Crippen molar-refractivity contribution in [3.8, 4) is 5.75 Å². The average Bonchev–Trinajstić information content (AvgIpc) is 2.89. The number of pyridine rings is 1. The molecule has 0 fully saturated rings. The quantitative estimate of drug-likeness (QED) is 0.252. The van der Waals surface area contributed by atoms with Crippen LogP contribution in [0.5, 0.6) is 5.75 Å². The van der Waals surface area contributed by atoms with Gasteiger partial charge in [0.1, 0.15) is 12.4 Å². The molecular formula is C31H32N4O3. The van der Waals surface area contributed by atoms with Crippen LogP contribution in [0.1, 0.15) is 58.3 Å². The Labute approximate surface area is 223 Å². The molecule has 3 aromatic carbocycles. The molecule has 0 atom stereocenters. The van der Waals surface area contributed by atoms with Crippen LogP contribution in [0.3, 0.4) is 0 Å². The van der Waals surface area contributed by atoms with Crippen LogP contribution in [0.2, 0.25) is 0 Å². The van der Waals surface area contributed by atoms with Crippen LogP contribution in [0.15, 0.2) is 85.1 Å². The van der Waals surface area contributed by atoms with Gasteiger partial charge in [0, 0.05) is 16.9 Å². The largest absolute Gasteiger partial charge is 0.489 e. The van der Waals surface area contributed by atoms with E-state index in [1.54, 1.807) is 43.3 Å². The average molecular weight is 509 g/mol. The van der Waals surface area contributed by atoms with Gasteiger partial charge in [-0.25, -0.2) is 0 Å². The lowest BCUT2D eigenvalue weighted by atomic mass is 9.86. The van der Waals surface area contributed by atoms with Crippen molar-refractivity contribution in [2.45, 2.75) is 39.7 Å². The van der Waals surface area contributed by atoms with Crippen molar-refractivity contribution >= 4 is 28.9 Å². The molecule has 4 rings (SSSR count). The number of ether oxygens (including phenoxy) is 1. The molecule has 194 valence electrons. The molecular weight excluding hydrogens is 476 g/mol. The van der Waals surface area contributed by atoms with E-state index in [1.165, 1.54) is 6.20 Å². The molecule has 0 aliphatic rings. The first kappa shape index (κ1) is 26.4. The fraction of sp³-hybridized carbons (Fsp3) is 0.194. The predicted octanol–water partition coefficient (Wildman–Crippen LogP) is 6.35. The molecule has 0 radical (unpaired) electrons. The van der Waals surface area contributed by atoms with E-state index in [-0.39, 0.29) is 17.2 Å². The number of carbonyl (C=O) groups is 2. The maximum absolute atomic E-state index is 13.0. The third kappa shape index (κ3) is 6.76. The van der Waals surface area contributed by atoms with E-state index in [2.05, 4.69) is 36.4 Å². The molecule has 0 aliphatic carbocycles.